The lowest BCUT2D eigenvalue weighted by atomic mass is 10.0. The average Bonchev–Trinajstić information content (AvgIpc) is 2.76. The molecule has 0 saturated carbocycles. The normalized spacial score (nSPS) is 24.0. The smallest absolute Gasteiger partial charge is 0.227 e. The first kappa shape index (κ1) is 14.6. The highest BCUT2D eigenvalue weighted by atomic mass is 15.3. The predicted octanol–water partition coefficient (Wildman–Crippen LogP) is 3.40. The first-order chi connectivity index (χ1) is 10.2. The van der Waals surface area contributed by atoms with Crippen molar-refractivity contribution < 1.29 is 0 Å². The molecule has 1 aromatic rings. The van der Waals surface area contributed by atoms with Gasteiger partial charge in [0.25, 0.3) is 0 Å². The van der Waals surface area contributed by atoms with E-state index in [1.807, 2.05) is 0 Å². The zero-order chi connectivity index (χ0) is 14.7. The van der Waals surface area contributed by atoms with Gasteiger partial charge in [0.1, 0.15) is 5.82 Å². The molecule has 3 rings (SSSR count). The summed E-state index contributed by atoms with van der Waals surface area (Å²) in [5.74, 6) is 2.84. The van der Waals surface area contributed by atoms with E-state index in [1.54, 1.807) is 0 Å². The summed E-state index contributed by atoms with van der Waals surface area (Å²) in [6, 6.07) is 2.15. The van der Waals surface area contributed by atoms with Crippen molar-refractivity contribution in [3.63, 3.8) is 0 Å². The van der Waals surface area contributed by atoms with Gasteiger partial charge in [0, 0.05) is 37.9 Å². The molecule has 2 saturated heterocycles. The minimum Gasteiger partial charge on any atom is -0.356 e. The van der Waals surface area contributed by atoms with Crippen molar-refractivity contribution in [2.75, 3.05) is 36.0 Å². The minimum atomic E-state index is 0.754. The van der Waals surface area contributed by atoms with Gasteiger partial charge in [0.15, 0.2) is 0 Å². The van der Waals surface area contributed by atoms with E-state index in [9.17, 15) is 0 Å². The van der Waals surface area contributed by atoms with Crippen molar-refractivity contribution in [1.82, 2.24) is 9.97 Å². The number of anilines is 2. The second-order valence-corrected chi connectivity index (χ2v) is 6.76. The van der Waals surface area contributed by atoms with Crippen LogP contribution in [0, 0.1) is 12.8 Å². The van der Waals surface area contributed by atoms with Crippen molar-refractivity contribution in [1.29, 1.82) is 0 Å². The first-order valence-corrected chi connectivity index (χ1v) is 8.58. The third kappa shape index (κ3) is 3.66. The van der Waals surface area contributed by atoms with E-state index in [0.717, 1.165) is 49.6 Å². The predicted molar refractivity (Wildman–Crippen MR) is 88.1 cm³/mol. The maximum atomic E-state index is 4.90. The van der Waals surface area contributed by atoms with Crippen LogP contribution in [0.15, 0.2) is 6.07 Å². The van der Waals surface area contributed by atoms with Crippen molar-refractivity contribution >= 4 is 11.8 Å². The number of nitrogens with zero attached hydrogens (tertiary/aromatic N) is 4. The van der Waals surface area contributed by atoms with Gasteiger partial charge < -0.3 is 9.80 Å². The highest BCUT2D eigenvalue weighted by Gasteiger charge is 2.20. The second kappa shape index (κ2) is 6.63. The zero-order valence-corrected chi connectivity index (χ0v) is 13.5. The quantitative estimate of drug-likeness (QED) is 0.835. The summed E-state index contributed by atoms with van der Waals surface area (Å²) in [6.45, 7) is 8.92. The summed E-state index contributed by atoms with van der Waals surface area (Å²) < 4.78 is 0. The van der Waals surface area contributed by atoms with Gasteiger partial charge in [-0.3, -0.25) is 0 Å². The SMILES string of the molecule is Cc1cc(N2CCCCCC2)nc(N2CCCC(C)C2)n1. The Labute approximate surface area is 128 Å². The Morgan fingerprint density at radius 2 is 1.67 bits per heavy atom. The van der Waals surface area contributed by atoms with Crippen LogP contribution >= 0.6 is 0 Å². The molecule has 0 aliphatic carbocycles. The Morgan fingerprint density at radius 1 is 0.952 bits per heavy atom. The lowest BCUT2D eigenvalue weighted by molar-refractivity contribution is 0.441. The summed E-state index contributed by atoms with van der Waals surface area (Å²) in [5.41, 5.74) is 1.09. The molecule has 0 radical (unpaired) electrons. The van der Waals surface area contributed by atoms with Crippen LogP contribution in [0.4, 0.5) is 11.8 Å². The lowest BCUT2D eigenvalue weighted by Crippen LogP contribution is -2.36. The van der Waals surface area contributed by atoms with Gasteiger partial charge >= 0.3 is 0 Å². The molecule has 21 heavy (non-hydrogen) atoms. The molecule has 4 heteroatoms. The lowest BCUT2D eigenvalue weighted by Gasteiger charge is -2.32. The summed E-state index contributed by atoms with van der Waals surface area (Å²) in [6.07, 6.45) is 7.89. The van der Waals surface area contributed by atoms with E-state index in [4.69, 9.17) is 9.97 Å². The zero-order valence-electron chi connectivity index (χ0n) is 13.5. The van der Waals surface area contributed by atoms with Crippen LogP contribution < -0.4 is 9.80 Å². The number of hydrogen-bond donors (Lipinski definition) is 0. The largest absolute Gasteiger partial charge is 0.356 e. The van der Waals surface area contributed by atoms with Gasteiger partial charge in [-0.2, -0.15) is 4.98 Å². The fourth-order valence-electron chi connectivity index (χ4n) is 3.51. The van der Waals surface area contributed by atoms with Crippen LogP contribution in [0.5, 0.6) is 0 Å². The van der Waals surface area contributed by atoms with Crippen LogP contribution in [0.25, 0.3) is 0 Å². The van der Waals surface area contributed by atoms with Gasteiger partial charge in [-0.25, -0.2) is 4.98 Å². The summed E-state index contributed by atoms with van der Waals surface area (Å²) in [4.78, 5) is 14.4. The molecular weight excluding hydrogens is 260 g/mol. The van der Waals surface area contributed by atoms with E-state index < -0.39 is 0 Å². The summed E-state index contributed by atoms with van der Waals surface area (Å²) in [5, 5.41) is 0. The fourth-order valence-corrected chi connectivity index (χ4v) is 3.51. The Hall–Kier alpha value is -1.32. The third-order valence-corrected chi connectivity index (χ3v) is 4.70. The molecule has 0 spiro atoms. The van der Waals surface area contributed by atoms with Crippen molar-refractivity contribution in [2.24, 2.45) is 5.92 Å². The van der Waals surface area contributed by atoms with Crippen molar-refractivity contribution in [3.05, 3.63) is 11.8 Å². The van der Waals surface area contributed by atoms with Crippen LogP contribution in [0.2, 0.25) is 0 Å². The Balaban J connectivity index is 1.81. The fraction of sp³-hybridized carbons (Fsp3) is 0.765. The number of aryl methyl sites for hydroxylation is 1. The van der Waals surface area contributed by atoms with E-state index >= 15 is 0 Å². The topological polar surface area (TPSA) is 32.3 Å². The second-order valence-electron chi connectivity index (χ2n) is 6.76. The maximum Gasteiger partial charge on any atom is 0.227 e. The maximum absolute atomic E-state index is 4.90. The molecule has 2 aliphatic rings. The highest BCUT2D eigenvalue weighted by molar-refractivity contribution is 5.46. The van der Waals surface area contributed by atoms with Crippen LogP contribution in [0.1, 0.15) is 51.1 Å². The summed E-state index contributed by atoms with van der Waals surface area (Å²) >= 11 is 0. The number of aromatic nitrogens is 2. The standard InChI is InChI=1S/C17H28N4/c1-14-8-7-11-21(13-14)17-18-15(2)12-16(19-17)20-9-5-3-4-6-10-20/h12,14H,3-11,13H2,1-2H3. The molecule has 116 valence electrons. The molecule has 2 aliphatic heterocycles. The molecular formula is C17H28N4. The molecule has 0 amide bonds. The van der Waals surface area contributed by atoms with Gasteiger partial charge in [0.05, 0.1) is 0 Å². The van der Waals surface area contributed by atoms with Crippen LogP contribution in [0.3, 0.4) is 0 Å². The van der Waals surface area contributed by atoms with E-state index in [0.29, 0.717) is 0 Å². The Bertz CT molecular complexity index is 446. The molecule has 0 N–H and O–H groups in total. The number of piperidine rings is 1. The molecule has 1 unspecified atom stereocenters. The van der Waals surface area contributed by atoms with Crippen LogP contribution in [-0.2, 0) is 0 Å². The van der Waals surface area contributed by atoms with E-state index in [-0.39, 0.29) is 0 Å². The van der Waals surface area contributed by atoms with Gasteiger partial charge in [-0.1, -0.05) is 19.8 Å². The van der Waals surface area contributed by atoms with Crippen molar-refractivity contribution in [2.45, 2.75) is 52.4 Å². The highest BCUT2D eigenvalue weighted by Crippen LogP contribution is 2.24. The minimum absolute atomic E-state index is 0.754. The van der Waals surface area contributed by atoms with Gasteiger partial charge in [-0.05, 0) is 38.5 Å². The average molecular weight is 288 g/mol. The van der Waals surface area contributed by atoms with Crippen LogP contribution in [-0.4, -0.2) is 36.1 Å². The Kier molecular flexibility index (Phi) is 4.61. The molecule has 4 nitrogen and oxygen atoms in total. The summed E-state index contributed by atoms with van der Waals surface area (Å²) in [7, 11) is 0. The monoisotopic (exact) mass is 288 g/mol. The first-order valence-electron chi connectivity index (χ1n) is 8.58. The molecule has 1 aromatic heterocycles. The third-order valence-electron chi connectivity index (χ3n) is 4.70. The number of hydrogen-bond acceptors (Lipinski definition) is 4. The molecule has 3 heterocycles. The van der Waals surface area contributed by atoms with Crippen molar-refractivity contribution in [3.8, 4) is 0 Å². The molecule has 2 fully saturated rings. The van der Waals surface area contributed by atoms with E-state index in [2.05, 4.69) is 29.7 Å². The molecule has 0 bridgehead atoms. The molecule has 1 atom stereocenters. The number of rotatable bonds is 2. The van der Waals surface area contributed by atoms with Gasteiger partial charge in [-0.15, -0.1) is 0 Å². The Morgan fingerprint density at radius 3 is 2.38 bits per heavy atom. The van der Waals surface area contributed by atoms with Gasteiger partial charge in [0.2, 0.25) is 5.95 Å². The van der Waals surface area contributed by atoms with E-state index in [1.165, 1.54) is 38.5 Å². The molecule has 0 aromatic carbocycles.